The van der Waals surface area contributed by atoms with E-state index in [0.717, 1.165) is 0 Å². The fourth-order valence-electron chi connectivity index (χ4n) is 4.69. The zero-order valence-corrected chi connectivity index (χ0v) is 19.8. The Hall–Kier alpha value is -3.32. The third-order valence-electron chi connectivity index (χ3n) is 6.66. The standard InChI is InChI=1S/C23H30F2N6O5/c24-18-7-16(31-12-17(9-26)36-23(31)35)8-19(25)21(18)30-5-3-29(4-6-30)11-15(13-32)28-22(34)14-1-2-20(33)27-10-14/h1,7,13,15,17,19H,2-6,8-12,26H2,(H,27,33)(H,28,34). The van der Waals surface area contributed by atoms with E-state index in [1.165, 1.54) is 17.1 Å². The maximum absolute atomic E-state index is 15.1. The van der Waals surface area contributed by atoms with Crippen molar-refractivity contribution in [2.75, 3.05) is 52.4 Å². The molecule has 2 fully saturated rings. The Morgan fingerprint density at radius 3 is 2.64 bits per heavy atom. The third kappa shape index (κ3) is 5.73. The predicted molar refractivity (Wildman–Crippen MR) is 123 cm³/mol. The smallest absolute Gasteiger partial charge is 0.414 e. The molecule has 196 valence electrons. The summed E-state index contributed by atoms with van der Waals surface area (Å²) in [7, 11) is 0. The van der Waals surface area contributed by atoms with Gasteiger partial charge in [0.25, 0.3) is 0 Å². The molecule has 3 amide bonds. The molecule has 0 spiro atoms. The van der Waals surface area contributed by atoms with E-state index in [1.54, 1.807) is 4.90 Å². The van der Waals surface area contributed by atoms with Crippen molar-refractivity contribution in [2.45, 2.75) is 31.2 Å². The number of rotatable bonds is 8. The first-order valence-electron chi connectivity index (χ1n) is 11.9. The van der Waals surface area contributed by atoms with Gasteiger partial charge in [0.15, 0.2) is 0 Å². The number of hydrogen-bond donors (Lipinski definition) is 3. The van der Waals surface area contributed by atoms with Crippen LogP contribution in [0.15, 0.2) is 34.9 Å². The van der Waals surface area contributed by atoms with E-state index in [2.05, 4.69) is 10.6 Å². The molecule has 1 aliphatic carbocycles. The van der Waals surface area contributed by atoms with Crippen LogP contribution in [0.3, 0.4) is 0 Å². The highest BCUT2D eigenvalue weighted by molar-refractivity contribution is 5.97. The topological polar surface area (TPSA) is 137 Å². The van der Waals surface area contributed by atoms with Crippen molar-refractivity contribution in [3.8, 4) is 0 Å². The van der Waals surface area contributed by atoms with Gasteiger partial charge in [0.2, 0.25) is 11.8 Å². The second-order valence-corrected chi connectivity index (χ2v) is 9.11. The number of piperazine rings is 1. The summed E-state index contributed by atoms with van der Waals surface area (Å²) >= 11 is 0. The zero-order chi connectivity index (χ0) is 25.8. The van der Waals surface area contributed by atoms with Gasteiger partial charge in [-0.1, -0.05) is 6.08 Å². The van der Waals surface area contributed by atoms with Crippen LogP contribution in [0.2, 0.25) is 0 Å². The molecule has 13 heteroatoms. The number of cyclic esters (lactones) is 1. The Kier molecular flexibility index (Phi) is 7.99. The Balaban J connectivity index is 1.32. The van der Waals surface area contributed by atoms with Crippen molar-refractivity contribution >= 4 is 24.2 Å². The molecule has 0 radical (unpaired) electrons. The van der Waals surface area contributed by atoms with Gasteiger partial charge in [0.1, 0.15) is 24.4 Å². The zero-order valence-electron chi connectivity index (χ0n) is 19.8. The molecule has 3 aliphatic heterocycles. The Morgan fingerprint density at radius 2 is 2.06 bits per heavy atom. The van der Waals surface area contributed by atoms with E-state index < -0.39 is 36.1 Å². The molecule has 11 nitrogen and oxygen atoms in total. The lowest BCUT2D eigenvalue weighted by Crippen LogP contribution is -2.53. The minimum atomic E-state index is -1.62. The molecule has 0 bridgehead atoms. The van der Waals surface area contributed by atoms with Crippen LogP contribution >= 0.6 is 0 Å². The lowest BCUT2D eigenvalue weighted by Gasteiger charge is -2.40. The quantitative estimate of drug-likeness (QED) is 0.367. The maximum atomic E-state index is 15.1. The largest absolute Gasteiger partial charge is 0.443 e. The fourth-order valence-corrected chi connectivity index (χ4v) is 4.69. The molecule has 0 saturated carbocycles. The van der Waals surface area contributed by atoms with Crippen LogP contribution in [0.4, 0.5) is 13.6 Å². The van der Waals surface area contributed by atoms with Crippen molar-refractivity contribution in [1.29, 1.82) is 0 Å². The minimum Gasteiger partial charge on any atom is -0.443 e. The molecule has 36 heavy (non-hydrogen) atoms. The summed E-state index contributed by atoms with van der Waals surface area (Å²) in [5, 5.41) is 5.24. The number of carbonyl (C=O) groups excluding carboxylic acids is 4. The van der Waals surface area contributed by atoms with Crippen LogP contribution in [0.1, 0.15) is 12.8 Å². The summed E-state index contributed by atoms with van der Waals surface area (Å²) in [6.07, 6.45) is 0.561. The van der Waals surface area contributed by atoms with E-state index in [0.29, 0.717) is 38.0 Å². The maximum Gasteiger partial charge on any atom is 0.414 e. The Labute approximate surface area is 206 Å². The average molecular weight is 509 g/mol. The highest BCUT2D eigenvalue weighted by atomic mass is 19.1. The molecule has 2 saturated heterocycles. The number of carbonyl (C=O) groups is 4. The van der Waals surface area contributed by atoms with Crippen molar-refractivity contribution in [2.24, 2.45) is 5.73 Å². The number of nitrogens with one attached hydrogen (secondary N) is 2. The predicted octanol–water partition coefficient (Wildman–Crippen LogP) is -0.680. The van der Waals surface area contributed by atoms with E-state index in [1.807, 2.05) is 4.90 Å². The second-order valence-electron chi connectivity index (χ2n) is 9.11. The van der Waals surface area contributed by atoms with Gasteiger partial charge in [-0.3, -0.25) is 19.4 Å². The van der Waals surface area contributed by atoms with E-state index in [9.17, 15) is 23.6 Å². The molecule has 3 atom stereocenters. The summed E-state index contributed by atoms with van der Waals surface area (Å²) in [6, 6.07) is -0.759. The lowest BCUT2D eigenvalue weighted by atomic mass is 10.0. The summed E-state index contributed by atoms with van der Waals surface area (Å²) in [6.45, 7) is 2.22. The first kappa shape index (κ1) is 25.8. The van der Waals surface area contributed by atoms with Crippen LogP contribution in [0, 0.1) is 0 Å². The number of nitrogens with two attached hydrogens (primary N) is 1. The summed E-state index contributed by atoms with van der Waals surface area (Å²) < 4.78 is 35.1. The number of allylic oxidation sites excluding steroid dienone is 4. The molecule has 0 aromatic carbocycles. The number of alkyl halides is 1. The first-order chi connectivity index (χ1) is 17.3. The van der Waals surface area contributed by atoms with Gasteiger partial charge in [0.05, 0.1) is 18.3 Å². The normalized spacial score (nSPS) is 26.2. The highest BCUT2D eigenvalue weighted by Crippen LogP contribution is 2.34. The first-order valence-corrected chi connectivity index (χ1v) is 11.9. The SMILES string of the molecule is NCC1CN(C2=CC(F)=C(N3CCN(CC(C=O)NC(=O)C4=CCC(=O)NC4)CC3)C(F)C2)C(=O)O1. The van der Waals surface area contributed by atoms with Gasteiger partial charge in [-0.2, -0.15) is 0 Å². The number of aldehydes is 1. The molecular formula is C23H30F2N6O5. The van der Waals surface area contributed by atoms with Crippen LogP contribution in [0.25, 0.3) is 0 Å². The fraction of sp³-hybridized carbons (Fsp3) is 0.565. The molecule has 3 heterocycles. The van der Waals surface area contributed by atoms with Gasteiger partial charge in [-0.05, 0) is 6.08 Å². The van der Waals surface area contributed by atoms with Crippen LogP contribution < -0.4 is 16.4 Å². The molecule has 4 aliphatic rings. The molecular weight excluding hydrogens is 478 g/mol. The number of ether oxygens (including phenoxy) is 1. The number of amides is 3. The second kappa shape index (κ2) is 11.2. The molecule has 0 aromatic rings. The lowest BCUT2D eigenvalue weighted by molar-refractivity contribution is -0.122. The van der Waals surface area contributed by atoms with Crippen molar-refractivity contribution in [3.63, 3.8) is 0 Å². The monoisotopic (exact) mass is 508 g/mol. The molecule has 4 rings (SSSR count). The van der Waals surface area contributed by atoms with Gasteiger partial charge >= 0.3 is 6.09 Å². The number of nitrogens with zero attached hydrogens (tertiary/aromatic N) is 3. The van der Waals surface area contributed by atoms with Gasteiger partial charge in [-0.15, -0.1) is 0 Å². The summed E-state index contributed by atoms with van der Waals surface area (Å²) in [5.74, 6) is -1.31. The third-order valence-corrected chi connectivity index (χ3v) is 6.66. The van der Waals surface area contributed by atoms with E-state index in [4.69, 9.17) is 10.5 Å². The van der Waals surface area contributed by atoms with Crippen LogP contribution in [-0.4, -0.2) is 110 Å². The Morgan fingerprint density at radius 1 is 1.31 bits per heavy atom. The van der Waals surface area contributed by atoms with Gasteiger partial charge in [0, 0.05) is 69.9 Å². The van der Waals surface area contributed by atoms with Crippen molar-refractivity contribution in [3.05, 3.63) is 34.9 Å². The Bertz CT molecular complexity index is 1010. The molecule has 4 N–H and O–H groups in total. The van der Waals surface area contributed by atoms with Crippen LogP contribution in [0.5, 0.6) is 0 Å². The van der Waals surface area contributed by atoms with Gasteiger partial charge < -0.3 is 30.8 Å². The van der Waals surface area contributed by atoms with Crippen molar-refractivity contribution < 1.29 is 32.7 Å². The van der Waals surface area contributed by atoms with E-state index >= 15 is 4.39 Å². The molecule has 0 aromatic heterocycles. The van der Waals surface area contributed by atoms with E-state index in [-0.39, 0.29) is 56.3 Å². The number of halogens is 2. The van der Waals surface area contributed by atoms with Crippen LogP contribution in [-0.2, 0) is 19.1 Å². The van der Waals surface area contributed by atoms with Crippen molar-refractivity contribution in [1.82, 2.24) is 25.3 Å². The summed E-state index contributed by atoms with van der Waals surface area (Å²) in [5.41, 5.74) is 6.10. The summed E-state index contributed by atoms with van der Waals surface area (Å²) in [4.78, 5) is 52.0. The minimum absolute atomic E-state index is 0.0483. The highest BCUT2D eigenvalue weighted by Gasteiger charge is 2.38. The van der Waals surface area contributed by atoms with Gasteiger partial charge in [-0.25, -0.2) is 13.6 Å². The number of hydrogen-bond acceptors (Lipinski definition) is 8. The molecule has 3 unspecified atom stereocenters. The average Bonchev–Trinajstić information content (AvgIpc) is 3.25.